The molecular weight excluding hydrogens is 288 g/mol. The Kier molecular flexibility index (Phi) is 8.94. The Bertz CT molecular complexity index is 318. The van der Waals surface area contributed by atoms with E-state index < -0.39 is 0 Å². The Balaban J connectivity index is 2.41. The summed E-state index contributed by atoms with van der Waals surface area (Å²) in [4.78, 5) is 22.1. The van der Waals surface area contributed by atoms with Crippen molar-refractivity contribution in [2.75, 3.05) is 11.5 Å². The fraction of sp³-hybridized carbons (Fsp3) is 0.812. The molecule has 1 aliphatic rings. The molecule has 0 N–H and O–H groups in total. The van der Waals surface area contributed by atoms with E-state index in [-0.39, 0.29) is 10.2 Å². The summed E-state index contributed by atoms with van der Waals surface area (Å²) in [5.74, 6) is 4.11. The minimum Gasteiger partial charge on any atom is -0.288 e. The van der Waals surface area contributed by atoms with Crippen molar-refractivity contribution in [3.63, 3.8) is 0 Å². The average molecular weight is 316 g/mol. The van der Waals surface area contributed by atoms with Crippen LogP contribution in [0.15, 0.2) is 0 Å². The van der Waals surface area contributed by atoms with Crippen LogP contribution in [0.2, 0.25) is 0 Å². The first-order valence-corrected chi connectivity index (χ1v) is 9.56. The van der Waals surface area contributed by atoms with Crippen LogP contribution in [0, 0.1) is 24.7 Å². The summed E-state index contributed by atoms with van der Waals surface area (Å²) >= 11 is 2.90. The van der Waals surface area contributed by atoms with E-state index in [9.17, 15) is 9.59 Å². The highest BCUT2D eigenvalue weighted by Gasteiger charge is 2.29. The number of hydrogen-bond acceptors (Lipinski definition) is 4. The SMILES string of the molecule is [CH2]C[C@@H]1CCC(CCSC(C)=O)[C@H](CCSC(C)=O)C1. The van der Waals surface area contributed by atoms with Crippen molar-refractivity contribution >= 4 is 33.8 Å². The van der Waals surface area contributed by atoms with Crippen molar-refractivity contribution in [3.8, 4) is 0 Å². The standard InChI is InChI=1S/C16H27O2S2/c1-4-14-5-6-15(7-9-19-12(2)17)16(11-14)8-10-20-13(3)18/h14-16H,1,4-11H2,2-3H3/t14-,15?,16-/m1/s1. The van der Waals surface area contributed by atoms with Crippen molar-refractivity contribution < 1.29 is 9.59 Å². The zero-order valence-corrected chi connectivity index (χ0v) is 14.4. The first-order valence-electron chi connectivity index (χ1n) is 7.58. The highest BCUT2D eigenvalue weighted by molar-refractivity contribution is 8.13. The van der Waals surface area contributed by atoms with E-state index in [1.165, 1.54) is 42.8 Å². The molecule has 3 atom stereocenters. The van der Waals surface area contributed by atoms with Gasteiger partial charge >= 0.3 is 0 Å². The predicted molar refractivity (Wildman–Crippen MR) is 89.8 cm³/mol. The van der Waals surface area contributed by atoms with Gasteiger partial charge in [-0.15, -0.1) is 0 Å². The van der Waals surface area contributed by atoms with Crippen LogP contribution in [0.25, 0.3) is 0 Å². The molecule has 1 unspecified atom stereocenters. The van der Waals surface area contributed by atoms with Gasteiger partial charge in [-0.05, 0) is 43.4 Å². The minimum absolute atomic E-state index is 0.221. The average Bonchev–Trinajstić information content (AvgIpc) is 2.39. The van der Waals surface area contributed by atoms with Gasteiger partial charge in [0.25, 0.3) is 0 Å². The molecule has 0 saturated heterocycles. The Morgan fingerprint density at radius 2 is 1.55 bits per heavy atom. The van der Waals surface area contributed by atoms with Gasteiger partial charge < -0.3 is 0 Å². The summed E-state index contributed by atoms with van der Waals surface area (Å²) < 4.78 is 0. The smallest absolute Gasteiger partial charge is 0.185 e. The van der Waals surface area contributed by atoms with E-state index in [4.69, 9.17) is 0 Å². The third-order valence-electron chi connectivity index (χ3n) is 4.24. The fourth-order valence-corrected chi connectivity index (χ4v) is 4.54. The summed E-state index contributed by atoms with van der Waals surface area (Å²) in [6.07, 6.45) is 7.13. The zero-order valence-electron chi connectivity index (χ0n) is 12.7. The number of thioether (sulfide) groups is 2. The van der Waals surface area contributed by atoms with Gasteiger partial charge in [-0.2, -0.15) is 0 Å². The van der Waals surface area contributed by atoms with E-state index in [2.05, 4.69) is 6.92 Å². The summed E-state index contributed by atoms with van der Waals surface area (Å²) in [5, 5.41) is 0.443. The number of carbonyl (C=O) groups is 2. The van der Waals surface area contributed by atoms with Gasteiger partial charge in [0.15, 0.2) is 10.2 Å². The van der Waals surface area contributed by atoms with Crippen molar-refractivity contribution in [1.29, 1.82) is 0 Å². The Morgan fingerprint density at radius 1 is 1.00 bits per heavy atom. The number of rotatable bonds is 7. The quantitative estimate of drug-likeness (QED) is 0.688. The Hall–Kier alpha value is 0.0400. The van der Waals surface area contributed by atoms with Crippen LogP contribution in [0.1, 0.15) is 52.4 Å². The molecule has 0 heterocycles. The Labute approximate surface area is 132 Å². The van der Waals surface area contributed by atoms with Crippen LogP contribution in [0.5, 0.6) is 0 Å². The normalized spacial score (nSPS) is 26.4. The Morgan fingerprint density at radius 3 is 2.05 bits per heavy atom. The monoisotopic (exact) mass is 315 g/mol. The molecule has 0 aliphatic heterocycles. The molecule has 0 amide bonds. The zero-order chi connectivity index (χ0) is 15.0. The second-order valence-electron chi connectivity index (χ2n) is 5.75. The second kappa shape index (κ2) is 9.88. The maximum atomic E-state index is 11.0. The predicted octanol–water partition coefficient (Wildman–Crippen LogP) is 4.58. The van der Waals surface area contributed by atoms with Crippen LogP contribution in [-0.2, 0) is 9.59 Å². The molecule has 20 heavy (non-hydrogen) atoms. The summed E-state index contributed by atoms with van der Waals surface area (Å²) in [5.41, 5.74) is 0. The van der Waals surface area contributed by atoms with Crippen molar-refractivity contribution in [2.24, 2.45) is 17.8 Å². The maximum absolute atomic E-state index is 11.0. The molecule has 0 bridgehead atoms. The number of carbonyl (C=O) groups excluding carboxylic acids is 2. The van der Waals surface area contributed by atoms with Crippen LogP contribution in [0.4, 0.5) is 0 Å². The molecule has 115 valence electrons. The molecule has 1 fully saturated rings. The van der Waals surface area contributed by atoms with Gasteiger partial charge in [-0.25, -0.2) is 0 Å². The fourth-order valence-electron chi connectivity index (χ4n) is 3.13. The molecule has 0 aromatic carbocycles. The summed E-state index contributed by atoms with van der Waals surface area (Å²) in [6, 6.07) is 0. The van der Waals surface area contributed by atoms with Gasteiger partial charge in [0.05, 0.1) is 0 Å². The molecule has 0 aromatic rings. The molecule has 1 radical (unpaired) electrons. The summed E-state index contributed by atoms with van der Waals surface area (Å²) in [6.45, 7) is 7.34. The molecule has 0 spiro atoms. The highest BCUT2D eigenvalue weighted by Crippen LogP contribution is 2.40. The lowest BCUT2D eigenvalue weighted by atomic mass is 9.71. The lowest BCUT2D eigenvalue weighted by molar-refractivity contribution is -0.109. The molecule has 4 heteroatoms. The van der Waals surface area contributed by atoms with E-state index in [1.807, 2.05) is 0 Å². The van der Waals surface area contributed by atoms with Crippen molar-refractivity contribution in [2.45, 2.75) is 52.4 Å². The van der Waals surface area contributed by atoms with Crippen LogP contribution in [0.3, 0.4) is 0 Å². The maximum Gasteiger partial charge on any atom is 0.185 e. The molecule has 2 nitrogen and oxygen atoms in total. The van der Waals surface area contributed by atoms with Crippen molar-refractivity contribution in [1.82, 2.24) is 0 Å². The molecule has 0 aromatic heterocycles. The second-order valence-corrected chi connectivity index (χ2v) is 8.29. The van der Waals surface area contributed by atoms with E-state index in [0.29, 0.717) is 0 Å². The largest absolute Gasteiger partial charge is 0.288 e. The van der Waals surface area contributed by atoms with Crippen LogP contribution in [-0.4, -0.2) is 21.7 Å². The molecular formula is C16H27O2S2. The van der Waals surface area contributed by atoms with E-state index in [1.54, 1.807) is 13.8 Å². The third-order valence-corrected chi connectivity index (χ3v) is 5.94. The van der Waals surface area contributed by atoms with Crippen molar-refractivity contribution in [3.05, 3.63) is 6.92 Å². The topological polar surface area (TPSA) is 34.1 Å². The van der Waals surface area contributed by atoms with Gasteiger partial charge in [0.2, 0.25) is 0 Å². The van der Waals surface area contributed by atoms with E-state index in [0.717, 1.165) is 48.5 Å². The van der Waals surface area contributed by atoms with Gasteiger partial charge in [0, 0.05) is 25.4 Å². The molecule has 1 saturated carbocycles. The summed E-state index contributed by atoms with van der Waals surface area (Å²) in [7, 11) is 0. The van der Waals surface area contributed by atoms with Gasteiger partial charge in [-0.3, -0.25) is 9.59 Å². The van der Waals surface area contributed by atoms with Crippen LogP contribution < -0.4 is 0 Å². The first-order chi connectivity index (χ1) is 9.52. The highest BCUT2D eigenvalue weighted by atomic mass is 32.2. The number of hydrogen-bond donors (Lipinski definition) is 0. The van der Waals surface area contributed by atoms with Gasteiger partial charge in [0.1, 0.15) is 0 Å². The van der Waals surface area contributed by atoms with Gasteiger partial charge in [-0.1, -0.05) is 43.3 Å². The van der Waals surface area contributed by atoms with E-state index >= 15 is 0 Å². The minimum atomic E-state index is 0.221. The lowest BCUT2D eigenvalue weighted by Gasteiger charge is -2.36. The molecule has 1 rings (SSSR count). The third kappa shape index (κ3) is 7.16. The van der Waals surface area contributed by atoms with Crippen LogP contribution >= 0.6 is 23.5 Å². The lowest BCUT2D eigenvalue weighted by Crippen LogP contribution is -2.26. The molecule has 1 aliphatic carbocycles. The first kappa shape index (κ1) is 18.1.